The number of nitrogens with one attached hydrogen (secondary N) is 1. The van der Waals surface area contributed by atoms with Crippen molar-refractivity contribution in [3.63, 3.8) is 0 Å². The number of esters is 1. The minimum Gasteiger partial charge on any atom is -0.457 e. The number of hydrogen-bond donors (Lipinski definition) is 1. The minimum absolute atomic E-state index is 0.103. The van der Waals surface area contributed by atoms with Gasteiger partial charge in [0.25, 0.3) is 5.56 Å². The topological polar surface area (TPSA) is 115 Å². The molecule has 33 heavy (non-hydrogen) atoms. The molecule has 0 saturated carbocycles. The van der Waals surface area contributed by atoms with E-state index >= 15 is 0 Å². The minimum atomic E-state index is -3.30. The Kier molecular flexibility index (Phi) is 6.30. The normalized spacial score (nSPS) is 11.5. The lowest BCUT2D eigenvalue weighted by atomic mass is 10.1. The fourth-order valence-corrected chi connectivity index (χ4v) is 4.85. The van der Waals surface area contributed by atoms with Gasteiger partial charge in [0, 0.05) is 12.8 Å². The number of ether oxygens (including phenoxy) is 1. The van der Waals surface area contributed by atoms with E-state index in [-0.39, 0.29) is 28.3 Å². The number of carbonyl (C=O) groups excluding carboxylic acids is 1. The first-order valence-corrected chi connectivity index (χ1v) is 12.7. The molecule has 8 nitrogen and oxygen atoms in total. The zero-order valence-corrected chi connectivity index (χ0v) is 19.2. The van der Waals surface area contributed by atoms with Crippen molar-refractivity contribution in [2.24, 2.45) is 0 Å². The van der Waals surface area contributed by atoms with Crippen LogP contribution in [0.25, 0.3) is 10.2 Å². The molecule has 0 bridgehead atoms. The van der Waals surface area contributed by atoms with Gasteiger partial charge in [-0.2, -0.15) is 0 Å². The summed E-state index contributed by atoms with van der Waals surface area (Å²) in [6.45, 7) is 0.207. The van der Waals surface area contributed by atoms with Gasteiger partial charge < -0.3 is 4.74 Å². The van der Waals surface area contributed by atoms with E-state index in [0.717, 1.165) is 33.3 Å². The first-order chi connectivity index (χ1) is 15.7. The summed E-state index contributed by atoms with van der Waals surface area (Å²) in [7, 11) is -3.30. The Labute approximate surface area is 193 Å². The molecule has 0 atom stereocenters. The lowest BCUT2D eigenvalue weighted by molar-refractivity contribution is 0.0478. The summed E-state index contributed by atoms with van der Waals surface area (Å²) in [5.41, 5.74) is 0.544. The van der Waals surface area contributed by atoms with Crippen molar-refractivity contribution >= 4 is 37.4 Å². The van der Waals surface area contributed by atoms with E-state index < -0.39 is 27.1 Å². The lowest BCUT2D eigenvalue weighted by Crippen LogP contribution is -2.35. The number of sulfone groups is 1. The maximum atomic E-state index is 12.9. The molecule has 170 valence electrons. The number of aromatic nitrogens is 2. The van der Waals surface area contributed by atoms with Crippen LogP contribution in [-0.4, -0.2) is 30.2 Å². The molecule has 0 aliphatic carbocycles. The van der Waals surface area contributed by atoms with Crippen molar-refractivity contribution < 1.29 is 17.9 Å². The highest BCUT2D eigenvalue weighted by Crippen LogP contribution is 2.21. The van der Waals surface area contributed by atoms with Gasteiger partial charge in [-0.25, -0.2) is 18.0 Å². The smallest absolute Gasteiger partial charge is 0.348 e. The highest BCUT2D eigenvalue weighted by molar-refractivity contribution is 7.90. The predicted molar refractivity (Wildman–Crippen MR) is 126 cm³/mol. The Morgan fingerprint density at radius 3 is 2.39 bits per heavy atom. The van der Waals surface area contributed by atoms with E-state index in [0.29, 0.717) is 11.3 Å². The molecule has 0 spiro atoms. The zero-order valence-electron chi connectivity index (χ0n) is 17.6. The fraction of sp³-hybridized carbons (Fsp3) is 0.174. The van der Waals surface area contributed by atoms with E-state index in [1.54, 1.807) is 12.1 Å². The SMILES string of the molecule is CS(=O)(=O)c1ccc(CCn2c(=O)[nH]c3sc(C(=O)OCc4ccccc4)cc3c2=O)cc1. The van der Waals surface area contributed by atoms with Crippen LogP contribution in [0.1, 0.15) is 20.8 Å². The van der Waals surface area contributed by atoms with Gasteiger partial charge in [0.1, 0.15) is 16.3 Å². The molecule has 0 aliphatic rings. The maximum absolute atomic E-state index is 12.9. The fourth-order valence-electron chi connectivity index (χ4n) is 3.29. The van der Waals surface area contributed by atoms with Crippen molar-refractivity contribution in [2.75, 3.05) is 6.26 Å². The van der Waals surface area contributed by atoms with Gasteiger partial charge in [-0.3, -0.25) is 14.3 Å². The second-order valence-electron chi connectivity index (χ2n) is 7.47. The maximum Gasteiger partial charge on any atom is 0.348 e. The number of hydrogen-bond acceptors (Lipinski definition) is 7. The molecule has 4 aromatic rings. The van der Waals surface area contributed by atoms with E-state index in [4.69, 9.17) is 4.74 Å². The van der Waals surface area contributed by atoms with E-state index in [1.165, 1.54) is 18.2 Å². The number of nitrogens with zero attached hydrogens (tertiary/aromatic N) is 1. The van der Waals surface area contributed by atoms with Crippen LogP contribution in [0.4, 0.5) is 0 Å². The second-order valence-corrected chi connectivity index (χ2v) is 10.5. The molecule has 0 fully saturated rings. The Hall–Kier alpha value is -3.50. The van der Waals surface area contributed by atoms with Gasteiger partial charge in [0.15, 0.2) is 9.84 Å². The Balaban J connectivity index is 1.52. The number of carbonyl (C=O) groups is 1. The number of aryl methyl sites for hydroxylation is 1. The standard InChI is InChI=1S/C23H20N2O6S2/c1-33(29,30)17-9-7-15(8-10-17)11-12-25-21(26)18-13-19(32-20(18)24-23(25)28)22(27)31-14-16-5-3-2-4-6-16/h2-10,13H,11-12,14H2,1H3,(H,24,28). The third-order valence-electron chi connectivity index (χ3n) is 5.06. The molecule has 2 aromatic carbocycles. The number of thiophene rings is 1. The Morgan fingerprint density at radius 2 is 1.73 bits per heavy atom. The highest BCUT2D eigenvalue weighted by atomic mass is 32.2. The number of rotatable bonds is 7. The molecule has 1 N–H and O–H groups in total. The second kappa shape index (κ2) is 9.16. The molecular formula is C23H20N2O6S2. The summed E-state index contributed by atoms with van der Waals surface area (Å²) in [6, 6.07) is 16.9. The van der Waals surface area contributed by atoms with Crippen LogP contribution in [0.2, 0.25) is 0 Å². The van der Waals surface area contributed by atoms with Crippen LogP contribution < -0.4 is 11.2 Å². The van der Waals surface area contributed by atoms with Crippen LogP contribution in [0.3, 0.4) is 0 Å². The molecule has 2 aromatic heterocycles. The molecule has 0 unspecified atom stereocenters. The van der Waals surface area contributed by atoms with Crippen molar-refractivity contribution in [3.05, 3.63) is 97.5 Å². The molecule has 10 heteroatoms. The van der Waals surface area contributed by atoms with Crippen molar-refractivity contribution in [3.8, 4) is 0 Å². The summed E-state index contributed by atoms with van der Waals surface area (Å²) in [4.78, 5) is 41.2. The predicted octanol–water partition coefficient (Wildman–Crippen LogP) is 2.75. The van der Waals surface area contributed by atoms with Crippen molar-refractivity contribution in [1.82, 2.24) is 9.55 Å². The molecular weight excluding hydrogens is 464 g/mol. The summed E-state index contributed by atoms with van der Waals surface area (Å²) in [5.74, 6) is -0.571. The first kappa shape index (κ1) is 22.7. The number of H-pyrrole nitrogens is 1. The van der Waals surface area contributed by atoms with Gasteiger partial charge in [-0.1, -0.05) is 42.5 Å². The van der Waals surface area contributed by atoms with Gasteiger partial charge in [0.05, 0.1) is 10.3 Å². The summed E-state index contributed by atoms with van der Waals surface area (Å²) >= 11 is 0.996. The Bertz CT molecular complexity index is 1530. The zero-order chi connectivity index (χ0) is 23.6. The largest absolute Gasteiger partial charge is 0.457 e. The third kappa shape index (κ3) is 5.12. The molecule has 2 heterocycles. The van der Waals surface area contributed by atoms with Crippen LogP contribution in [0.5, 0.6) is 0 Å². The van der Waals surface area contributed by atoms with Crippen LogP contribution in [0, 0.1) is 0 Å². The van der Waals surface area contributed by atoms with E-state index in [9.17, 15) is 22.8 Å². The summed E-state index contributed by atoms with van der Waals surface area (Å²) in [6.07, 6.45) is 1.48. The lowest BCUT2D eigenvalue weighted by Gasteiger charge is -2.06. The van der Waals surface area contributed by atoms with E-state index in [2.05, 4.69) is 4.98 Å². The molecule has 4 rings (SSSR count). The monoisotopic (exact) mass is 484 g/mol. The van der Waals surface area contributed by atoms with Gasteiger partial charge in [-0.15, -0.1) is 11.3 Å². The molecule has 0 aliphatic heterocycles. The molecule has 0 amide bonds. The molecule has 0 saturated heterocycles. The van der Waals surface area contributed by atoms with Gasteiger partial charge in [-0.05, 0) is 35.7 Å². The number of aromatic amines is 1. The van der Waals surface area contributed by atoms with Crippen LogP contribution in [-0.2, 0) is 34.1 Å². The average Bonchev–Trinajstić information content (AvgIpc) is 3.22. The van der Waals surface area contributed by atoms with E-state index in [1.807, 2.05) is 30.3 Å². The highest BCUT2D eigenvalue weighted by Gasteiger charge is 2.17. The van der Waals surface area contributed by atoms with Gasteiger partial charge >= 0.3 is 11.7 Å². The average molecular weight is 485 g/mol. The summed E-state index contributed by atoms with van der Waals surface area (Å²) in [5, 5.41) is 0.235. The van der Waals surface area contributed by atoms with Gasteiger partial charge in [0.2, 0.25) is 0 Å². The molecule has 0 radical (unpaired) electrons. The number of fused-ring (bicyclic) bond motifs is 1. The van der Waals surface area contributed by atoms with Crippen molar-refractivity contribution in [1.29, 1.82) is 0 Å². The van der Waals surface area contributed by atoms with Crippen molar-refractivity contribution in [2.45, 2.75) is 24.5 Å². The number of benzene rings is 2. The third-order valence-corrected chi connectivity index (χ3v) is 7.22. The van der Waals surface area contributed by atoms with Crippen LogP contribution >= 0.6 is 11.3 Å². The van der Waals surface area contributed by atoms with Crippen LogP contribution in [0.15, 0.2) is 75.1 Å². The summed E-state index contributed by atoms with van der Waals surface area (Å²) < 4.78 is 29.5. The first-order valence-electron chi connectivity index (χ1n) is 9.99. The quantitative estimate of drug-likeness (QED) is 0.403. The Morgan fingerprint density at radius 1 is 1.03 bits per heavy atom.